The minimum Gasteiger partial charge on any atom is -0.506 e. The average molecular weight is 583 g/mol. The summed E-state index contributed by atoms with van der Waals surface area (Å²) in [6.45, 7) is 3.86. The highest BCUT2D eigenvalue weighted by atomic mass is 16.4. The fraction of sp³-hybridized carbons (Fsp3) is 0.353. The average Bonchev–Trinajstić information content (AvgIpc) is 3.03. The lowest BCUT2D eigenvalue weighted by atomic mass is 9.63. The van der Waals surface area contributed by atoms with E-state index in [0.29, 0.717) is 35.3 Å². The number of benzene rings is 3. The number of aromatic nitrogens is 1. The van der Waals surface area contributed by atoms with Gasteiger partial charge < -0.3 is 35.8 Å². The Morgan fingerprint density at radius 1 is 1.00 bits per heavy atom. The Morgan fingerprint density at radius 3 is 2.49 bits per heavy atom. The van der Waals surface area contributed by atoms with Gasteiger partial charge in [0.25, 0.3) is 0 Å². The lowest BCUT2D eigenvalue weighted by molar-refractivity contribution is 0.00721. The second kappa shape index (κ2) is 12.2. The van der Waals surface area contributed by atoms with Crippen molar-refractivity contribution in [1.82, 2.24) is 20.5 Å². The number of hydrogen-bond acceptors (Lipinski definition) is 6. The van der Waals surface area contributed by atoms with Crippen LogP contribution < -0.4 is 16.2 Å². The molecule has 1 unspecified atom stereocenters. The summed E-state index contributed by atoms with van der Waals surface area (Å²) in [6.07, 6.45) is 0.940. The van der Waals surface area contributed by atoms with E-state index in [-0.39, 0.29) is 23.8 Å². The van der Waals surface area contributed by atoms with Crippen molar-refractivity contribution in [2.75, 3.05) is 32.7 Å². The number of hydrogen-bond donors (Lipinski definition) is 6. The van der Waals surface area contributed by atoms with E-state index >= 15 is 0 Å². The molecule has 4 aromatic rings. The molecule has 1 amide bonds. The van der Waals surface area contributed by atoms with Crippen molar-refractivity contribution in [3.63, 3.8) is 0 Å². The van der Waals surface area contributed by atoms with Crippen LogP contribution in [0.15, 0.2) is 83.7 Å². The molecule has 0 saturated carbocycles. The SMILES string of the molecule is O=C(O)NC(c1ccccc1)(c1cccc(CCNC[C@H](O)c2ccc(O)c3[nH]c(=O)ccc23)c1)[C@H]1CN2CCC1CC2. The van der Waals surface area contributed by atoms with Gasteiger partial charge in [-0.3, -0.25) is 4.79 Å². The van der Waals surface area contributed by atoms with Crippen molar-refractivity contribution < 1.29 is 20.1 Å². The van der Waals surface area contributed by atoms with Crippen LogP contribution in [0.1, 0.15) is 41.2 Å². The van der Waals surface area contributed by atoms with Gasteiger partial charge in [-0.15, -0.1) is 0 Å². The van der Waals surface area contributed by atoms with Gasteiger partial charge in [-0.05, 0) is 79.2 Å². The maximum absolute atomic E-state index is 12.4. The van der Waals surface area contributed by atoms with Crippen molar-refractivity contribution in [3.8, 4) is 5.75 Å². The number of carbonyl (C=O) groups is 1. The highest BCUT2D eigenvalue weighted by Gasteiger charge is 2.50. The number of nitrogens with zero attached hydrogens (tertiary/aromatic N) is 1. The Morgan fingerprint density at radius 2 is 1.77 bits per heavy atom. The molecular formula is C34H38N4O5. The number of aliphatic hydroxyl groups excluding tert-OH is 1. The van der Waals surface area contributed by atoms with Gasteiger partial charge in [0.15, 0.2) is 0 Å². The number of phenols is 1. The molecule has 43 heavy (non-hydrogen) atoms. The van der Waals surface area contributed by atoms with Crippen molar-refractivity contribution in [1.29, 1.82) is 0 Å². The predicted octanol–water partition coefficient (Wildman–Crippen LogP) is 3.95. The Bertz CT molecular complexity index is 1650. The summed E-state index contributed by atoms with van der Waals surface area (Å²) < 4.78 is 0. The number of rotatable bonds is 10. The number of H-pyrrole nitrogens is 1. The first-order valence-electron chi connectivity index (χ1n) is 15.0. The molecular weight excluding hydrogens is 544 g/mol. The molecule has 7 rings (SSSR count). The van der Waals surface area contributed by atoms with E-state index < -0.39 is 17.7 Å². The van der Waals surface area contributed by atoms with Crippen LogP contribution in [0.2, 0.25) is 0 Å². The van der Waals surface area contributed by atoms with Gasteiger partial charge in [0.05, 0.1) is 17.2 Å². The molecule has 3 atom stereocenters. The van der Waals surface area contributed by atoms with E-state index in [2.05, 4.69) is 32.7 Å². The number of fused-ring (bicyclic) bond motifs is 4. The largest absolute Gasteiger partial charge is 0.506 e. The first-order valence-corrected chi connectivity index (χ1v) is 15.0. The van der Waals surface area contributed by atoms with Crippen LogP contribution in [0.4, 0.5) is 4.79 Å². The topological polar surface area (TPSA) is 138 Å². The van der Waals surface area contributed by atoms with E-state index in [4.69, 9.17) is 0 Å². The highest BCUT2D eigenvalue weighted by molar-refractivity contribution is 5.87. The van der Waals surface area contributed by atoms with Gasteiger partial charge in [0.2, 0.25) is 5.56 Å². The number of phenolic OH excluding ortho intramolecular Hbond substituents is 1. The predicted molar refractivity (Wildman–Crippen MR) is 165 cm³/mol. The molecule has 6 N–H and O–H groups in total. The zero-order chi connectivity index (χ0) is 30.0. The Balaban J connectivity index is 1.22. The maximum Gasteiger partial charge on any atom is 0.405 e. The molecule has 0 spiro atoms. The molecule has 0 aliphatic carbocycles. The van der Waals surface area contributed by atoms with Crippen molar-refractivity contribution in [2.24, 2.45) is 11.8 Å². The lowest BCUT2D eigenvalue weighted by Crippen LogP contribution is -2.61. The third-order valence-electron chi connectivity index (χ3n) is 9.32. The first-order chi connectivity index (χ1) is 20.8. The van der Waals surface area contributed by atoms with Crippen LogP contribution in [0.5, 0.6) is 5.75 Å². The smallest absolute Gasteiger partial charge is 0.405 e. The van der Waals surface area contributed by atoms with Gasteiger partial charge in [0.1, 0.15) is 5.75 Å². The molecule has 3 aliphatic heterocycles. The minimum atomic E-state index is -1.04. The van der Waals surface area contributed by atoms with Crippen molar-refractivity contribution in [2.45, 2.75) is 30.9 Å². The Hall–Kier alpha value is -4.18. The molecule has 224 valence electrons. The molecule has 4 heterocycles. The number of nitrogens with one attached hydrogen (secondary N) is 3. The second-order valence-corrected chi connectivity index (χ2v) is 11.8. The zero-order valence-electron chi connectivity index (χ0n) is 24.0. The van der Waals surface area contributed by atoms with Gasteiger partial charge in [0, 0.05) is 30.5 Å². The molecule has 2 bridgehead atoms. The summed E-state index contributed by atoms with van der Waals surface area (Å²) >= 11 is 0. The van der Waals surface area contributed by atoms with Crippen molar-refractivity contribution in [3.05, 3.63) is 111 Å². The summed E-state index contributed by atoms with van der Waals surface area (Å²) in [5.74, 6) is 0.489. The van der Waals surface area contributed by atoms with E-state index in [9.17, 15) is 24.9 Å². The summed E-state index contributed by atoms with van der Waals surface area (Å²) in [5, 5.41) is 38.2. The normalized spacial score (nSPS) is 21.7. The molecule has 9 nitrogen and oxygen atoms in total. The Labute approximate surface area is 250 Å². The summed E-state index contributed by atoms with van der Waals surface area (Å²) in [7, 11) is 0. The van der Waals surface area contributed by atoms with Crippen LogP contribution in [0, 0.1) is 11.8 Å². The molecule has 9 heteroatoms. The van der Waals surface area contributed by atoms with E-state index in [1.54, 1.807) is 12.1 Å². The van der Waals surface area contributed by atoms with Gasteiger partial charge in [-0.2, -0.15) is 0 Å². The van der Waals surface area contributed by atoms with Crippen molar-refractivity contribution >= 4 is 17.0 Å². The van der Waals surface area contributed by atoms with Crippen LogP contribution in [0.25, 0.3) is 10.9 Å². The summed E-state index contributed by atoms with van der Waals surface area (Å²) in [4.78, 5) is 29.2. The summed E-state index contributed by atoms with van der Waals surface area (Å²) in [6, 6.07) is 24.3. The number of aliphatic hydroxyl groups is 1. The fourth-order valence-corrected chi connectivity index (χ4v) is 7.26. The molecule has 3 aromatic carbocycles. The standard InChI is InChI=1S/C34H38N4O5/c39-29-11-9-26(27-10-12-31(41)36-32(27)29)30(40)20-35-16-13-22-5-4-8-25(19-22)34(37-33(42)43,24-6-2-1-3-7-24)28-21-38-17-14-23(28)15-18-38/h1-12,19,23,28,30,35,37,39-40H,13-18,20-21H2,(H,36,41)(H,42,43)/t28-,30-,34?/m0/s1. The number of carboxylic acid groups (broad SMARTS) is 1. The number of aromatic hydroxyl groups is 1. The number of pyridine rings is 1. The monoisotopic (exact) mass is 582 g/mol. The molecule has 3 fully saturated rings. The van der Waals surface area contributed by atoms with Gasteiger partial charge >= 0.3 is 6.09 Å². The van der Waals surface area contributed by atoms with Crippen LogP contribution in [-0.4, -0.2) is 64.0 Å². The van der Waals surface area contributed by atoms with Crippen LogP contribution in [-0.2, 0) is 12.0 Å². The highest BCUT2D eigenvalue weighted by Crippen LogP contribution is 2.47. The molecule has 1 aromatic heterocycles. The zero-order valence-corrected chi connectivity index (χ0v) is 24.0. The second-order valence-electron chi connectivity index (χ2n) is 11.8. The fourth-order valence-electron chi connectivity index (χ4n) is 7.26. The summed E-state index contributed by atoms with van der Waals surface area (Å²) in [5.41, 5.74) is 2.69. The van der Waals surface area contributed by atoms with E-state index in [1.165, 1.54) is 12.1 Å². The van der Waals surface area contributed by atoms with Gasteiger partial charge in [-0.25, -0.2) is 4.79 Å². The lowest BCUT2D eigenvalue weighted by Gasteiger charge is -2.53. The molecule has 3 aliphatic rings. The van der Waals surface area contributed by atoms with Gasteiger partial charge in [-0.1, -0.05) is 60.7 Å². The molecule has 3 saturated heterocycles. The maximum atomic E-state index is 12.4. The van der Waals surface area contributed by atoms with Crippen LogP contribution in [0.3, 0.4) is 0 Å². The first kappa shape index (κ1) is 28.9. The number of piperidine rings is 3. The number of aromatic amines is 1. The van der Waals surface area contributed by atoms with E-state index in [1.807, 2.05) is 42.5 Å². The van der Waals surface area contributed by atoms with E-state index in [0.717, 1.165) is 49.2 Å². The Kier molecular flexibility index (Phi) is 8.21. The minimum absolute atomic E-state index is 0.0429. The molecule has 0 radical (unpaired) electrons. The third-order valence-corrected chi connectivity index (χ3v) is 9.32. The third kappa shape index (κ3) is 5.76. The number of amides is 1. The quantitative estimate of drug-likeness (QED) is 0.156. The van der Waals surface area contributed by atoms with Crippen LogP contribution >= 0.6 is 0 Å².